The number of hydrogen-bond donors (Lipinski definition) is 3. The zero-order valence-corrected chi connectivity index (χ0v) is 18.1. The molecule has 2 aliphatic heterocycles. The lowest BCUT2D eigenvalue weighted by atomic mass is 9.90. The zero-order valence-electron chi connectivity index (χ0n) is 18.1. The summed E-state index contributed by atoms with van der Waals surface area (Å²) in [6, 6.07) is 13.7. The van der Waals surface area contributed by atoms with Gasteiger partial charge in [0, 0.05) is 42.1 Å². The Hall–Kier alpha value is -3.78. The molecular weight excluding hydrogens is 418 g/mol. The Labute approximate surface area is 190 Å². The van der Waals surface area contributed by atoms with Crippen LogP contribution in [0.4, 0.5) is 0 Å². The van der Waals surface area contributed by atoms with Crippen LogP contribution in [0.2, 0.25) is 0 Å². The molecule has 2 aromatic carbocycles. The number of para-hydroxylation sites is 1. The van der Waals surface area contributed by atoms with Crippen LogP contribution in [0.5, 0.6) is 11.5 Å². The molecule has 0 fully saturated rings. The molecule has 0 aliphatic carbocycles. The van der Waals surface area contributed by atoms with Crippen molar-refractivity contribution in [1.82, 2.24) is 25.2 Å². The summed E-state index contributed by atoms with van der Waals surface area (Å²) in [5, 5.41) is 7.85. The summed E-state index contributed by atoms with van der Waals surface area (Å²) < 4.78 is 13.1. The van der Waals surface area contributed by atoms with Gasteiger partial charge < -0.3 is 24.3 Å². The lowest BCUT2D eigenvalue weighted by molar-refractivity contribution is -0.123. The highest BCUT2D eigenvalue weighted by Crippen LogP contribution is 2.39. The van der Waals surface area contributed by atoms with Gasteiger partial charge in [0.05, 0.1) is 18.4 Å². The van der Waals surface area contributed by atoms with Gasteiger partial charge in [0.15, 0.2) is 11.5 Å². The third-order valence-corrected chi connectivity index (χ3v) is 6.41. The van der Waals surface area contributed by atoms with Crippen LogP contribution >= 0.6 is 0 Å². The van der Waals surface area contributed by atoms with E-state index < -0.39 is 0 Å². The van der Waals surface area contributed by atoms with Crippen LogP contribution in [0.1, 0.15) is 29.3 Å². The minimum absolute atomic E-state index is 0.0160. The fraction of sp³-hybridized carbons (Fsp3) is 0.280. The maximum Gasteiger partial charge on any atom is 0.237 e. The molecule has 4 heterocycles. The fourth-order valence-electron chi connectivity index (χ4n) is 4.77. The highest BCUT2D eigenvalue weighted by molar-refractivity contribution is 5.88. The predicted molar refractivity (Wildman–Crippen MR) is 123 cm³/mol. The Kier molecular flexibility index (Phi) is 4.99. The predicted octanol–water partition coefficient (Wildman–Crippen LogP) is 2.90. The number of nitrogens with one attached hydrogen (secondary N) is 3. The number of imidazole rings is 1. The molecule has 6 rings (SSSR count). The number of rotatable bonds is 6. The van der Waals surface area contributed by atoms with Crippen LogP contribution in [0.15, 0.2) is 61.2 Å². The number of carbonyl (C=O) groups excluding carboxylic acids is 1. The summed E-state index contributed by atoms with van der Waals surface area (Å²) >= 11 is 0. The summed E-state index contributed by atoms with van der Waals surface area (Å²) in [5.74, 6) is 1.50. The number of H-pyrrole nitrogens is 1. The molecule has 0 saturated carbocycles. The summed E-state index contributed by atoms with van der Waals surface area (Å²) in [7, 11) is 0. The van der Waals surface area contributed by atoms with Gasteiger partial charge in [0.2, 0.25) is 12.7 Å². The first kappa shape index (κ1) is 19.9. The number of nitrogens with zero attached hydrogens (tertiary/aromatic N) is 2. The third kappa shape index (κ3) is 3.72. The van der Waals surface area contributed by atoms with E-state index >= 15 is 0 Å². The van der Waals surface area contributed by atoms with Crippen molar-refractivity contribution >= 4 is 16.8 Å². The van der Waals surface area contributed by atoms with Crippen molar-refractivity contribution in [3.05, 3.63) is 78.0 Å². The smallest absolute Gasteiger partial charge is 0.237 e. The topological polar surface area (TPSA) is 93.2 Å². The molecule has 0 unspecified atom stereocenters. The highest BCUT2D eigenvalue weighted by Gasteiger charge is 2.34. The molecule has 0 spiro atoms. The molecule has 2 aliphatic rings. The van der Waals surface area contributed by atoms with E-state index in [0.717, 1.165) is 46.6 Å². The van der Waals surface area contributed by atoms with E-state index in [2.05, 4.69) is 32.7 Å². The first-order valence-corrected chi connectivity index (χ1v) is 11.2. The van der Waals surface area contributed by atoms with E-state index in [4.69, 9.17) is 9.47 Å². The van der Waals surface area contributed by atoms with Crippen LogP contribution in [0.25, 0.3) is 10.9 Å². The Morgan fingerprint density at radius 3 is 3.00 bits per heavy atom. The van der Waals surface area contributed by atoms with E-state index in [1.165, 1.54) is 5.56 Å². The summed E-state index contributed by atoms with van der Waals surface area (Å²) in [6.45, 7) is 1.67. The lowest BCUT2D eigenvalue weighted by Gasteiger charge is -2.31. The molecule has 8 nitrogen and oxygen atoms in total. The second-order valence-corrected chi connectivity index (χ2v) is 8.48. The Morgan fingerprint density at radius 2 is 2.09 bits per heavy atom. The molecular formula is C25H25N5O3. The van der Waals surface area contributed by atoms with Gasteiger partial charge in [-0.15, -0.1) is 0 Å². The monoisotopic (exact) mass is 443 g/mol. The number of carbonyl (C=O) groups is 1. The average molecular weight is 444 g/mol. The van der Waals surface area contributed by atoms with Crippen LogP contribution in [0, 0.1) is 0 Å². The number of aryl methyl sites for hydroxylation is 1. The Morgan fingerprint density at radius 1 is 1.18 bits per heavy atom. The molecule has 33 heavy (non-hydrogen) atoms. The van der Waals surface area contributed by atoms with E-state index in [9.17, 15) is 4.79 Å². The van der Waals surface area contributed by atoms with E-state index in [-0.39, 0.29) is 24.8 Å². The zero-order chi connectivity index (χ0) is 22.2. The van der Waals surface area contributed by atoms with Crippen LogP contribution in [0.3, 0.4) is 0 Å². The number of ether oxygens (including phenoxy) is 2. The molecule has 1 amide bonds. The molecule has 4 aromatic rings. The van der Waals surface area contributed by atoms with Gasteiger partial charge in [0.25, 0.3) is 0 Å². The third-order valence-electron chi connectivity index (χ3n) is 6.41. The number of amides is 1. The van der Waals surface area contributed by atoms with E-state index in [1.807, 2.05) is 41.1 Å². The van der Waals surface area contributed by atoms with Crippen molar-refractivity contribution < 1.29 is 14.3 Å². The van der Waals surface area contributed by atoms with Crippen molar-refractivity contribution in [2.45, 2.75) is 31.5 Å². The van der Waals surface area contributed by atoms with Gasteiger partial charge in [-0.2, -0.15) is 0 Å². The lowest BCUT2D eigenvalue weighted by Crippen LogP contribution is -2.50. The van der Waals surface area contributed by atoms with E-state index in [1.54, 1.807) is 12.5 Å². The van der Waals surface area contributed by atoms with Gasteiger partial charge in [-0.1, -0.05) is 24.3 Å². The average Bonchev–Trinajstić information content (AvgIpc) is 3.60. The quantitative estimate of drug-likeness (QED) is 0.399. The van der Waals surface area contributed by atoms with Crippen LogP contribution in [-0.2, 0) is 17.8 Å². The largest absolute Gasteiger partial charge is 0.454 e. The second-order valence-electron chi connectivity index (χ2n) is 8.48. The SMILES string of the molecule is O=C(NCCCn1ccnc1)[C@@H]1Cc2c([nH]c3ccccc23)[C@@H](c2ccc3c(c2)OCO3)N1. The van der Waals surface area contributed by atoms with Gasteiger partial charge in [-0.3, -0.25) is 10.1 Å². The number of hydrogen-bond acceptors (Lipinski definition) is 5. The van der Waals surface area contributed by atoms with Gasteiger partial charge in [-0.25, -0.2) is 4.98 Å². The molecule has 168 valence electrons. The molecule has 0 saturated heterocycles. The van der Waals surface area contributed by atoms with Crippen molar-refractivity contribution in [2.75, 3.05) is 13.3 Å². The highest BCUT2D eigenvalue weighted by atomic mass is 16.7. The number of aromatic nitrogens is 3. The van der Waals surface area contributed by atoms with Gasteiger partial charge in [0.1, 0.15) is 0 Å². The van der Waals surface area contributed by atoms with Crippen molar-refractivity contribution in [2.24, 2.45) is 0 Å². The van der Waals surface area contributed by atoms with Crippen LogP contribution < -0.4 is 20.1 Å². The molecule has 8 heteroatoms. The summed E-state index contributed by atoms with van der Waals surface area (Å²) in [6.07, 6.45) is 6.96. The van der Waals surface area contributed by atoms with Gasteiger partial charge in [-0.05, 0) is 42.2 Å². The Balaban J connectivity index is 1.26. The molecule has 0 bridgehead atoms. The van der Waals surface area contributed by atoms with Crippen molar-refractivity contribution in [3.8, 4) is 11.5 Å². The summed E-state index contributed by atoms with van der Waals surface area (Å²) in [5.41, 5.74) is 4.39. The Bertz CT molecular complexity index is 1300. The number of fused-ring (bicyclic) bond motifs is 4. The van der Waals surface area contributed by atoms with E-state index in [0.29, 0.717) is 13.0 Å². The second kappa shape index (κ2) is 8.29. The maximum atomic E-state index is 13.1. The van der Waals surface area contributed by atoms with Crippen molar-refractivity contribution in [1.29, 1.82) is 0 Å². The summed E-state index contributed by atoms with van der Waals surface area (Å²) in [4.78, 5) is 20.8. The molecule has 2 atom stereocenters. The van der Waals surface area contributed by atoms with Crippen LogP contribution in [-0.4, -0.2) is 39.8 Å². The minimum atomic E-state index is -0.333. The minimum Gasteiger partial charge on any atom is -0.454 e. The number of benzene rings is 2. The first-order valence-electron chi connectivity index (χ1n) is 11.2. The maximum absolute atomic E-state index is 13.1. The number of aromatic amines is 1. The first-order chi connectivity index (χ1) is 16.3. The van der Waals surface area contributed by atoms with Crippen molar-refractivity contribution in [3.63, 3.8) is 0 Å². The fourth-order valence-corrected chi connectivity index (χ4v) is 4.77. The molecule has 0 radical (unpaired) electrons. The van der Waals surface area contributed by atoms with Gasteiger partial charge >= 0.3 is 0 Å². The normalized spacial score (nSPS) is 18.9. The molecule has 2 aromatic heterocycles. The molecule has 3 N–H and O–H groups in total. The standard InChI is InChI=1S/C25H25N5O3/c31-25(27-8-3-10-30-11-9-26-14-30)20-13-18-17-4-1-2-5-19(17)28-24(18)23(29-20)16-6-7-21-22(12-16)33-15-32-21/h1-2,4-7,9,11-12,14,20,23,28-29H,3,8,10,13,15H2,(H,27,31)/t20-,23+/m0/s1.